The molecule has 0 bridgehead atoms. The molecule has 0 saturated carbocycles. The van der Waals surface area contributed by atoms with Crippen LogP contribution in [0, 0.1) is 0 Å². The Hall–Kier alpha value is -1.60. The van der Waals surface area contributed by atoms with E-state index in [0.29, 0.717) is 17.0 Å². The smallest absolute Gasteiger partial charge is 0.310 e. The lowest BCUT2D eigenvalue weighted by Gasteiger charge is -2.10. The van der Waals surface area contributed by atoms with Crippen LogP contribution in [0.3, 0.4) is 0 Å². The van der Waals surface area contributed by atoms with Crippen molar-refractivity contribution in [2.75, 3.05) is 18.4 Å². The summed E-state index contributed by atoms with van der Waals surface area (Å²) in [4.78, 5) is 11.4. The highest BCUT2D eigenvalue weighted by atomic mass is 32.2. The van der Waals surface area contributed by atoms with Crippen molar-refractivity contribution in [1.29, 1.82) is 0 Å². The van der Waals surface area contributed by atoms with Gasteiger partial charge in [0.25, 0.3) is 11.3 Å². The molecule has 1 rings (SSSR count). The highest BCUT2D eigenvalue weighted by Crippen LogP contribution is 2.23. The van der Waals surface area contributed by atoms with Crippen LogP contribution in [0.5, 0.6) is 5.75 Å². The molecule has 2 N–H and O–H groups in total. The van der Waals surface area contributed by atoms with Crippen molar-refractivity contribution in [1.82, 2.24) is 0 Å². The van der Waals surface area contributed by atoms with Crippen LogP contribution in [0.1, 0.15) is 12.5 Å². The molecule has 0 aromatic heterocycles. The van der Waals surface area contributed by atoms with Gasteiger partial charge in [-0.05, 0) is 30.7 Å². The van der Waals surface area contributed by atoms with Gasteiger partial charge in [-0.1, -0.05) is 0 Å². The number of rotatable bonds is 6. The van der Waals surface area contributed by atoms with Crippen molar-refractivity contribution in [3.63, 3.8) is 0 Å². The number of benzene rings is 1. The normalized spacial score (nSPS) is 11.7. The first-order valence-electron chi connectivity index (χ1n) is 5.26. The Balaban J connectivity index is 2.95. The first-order chi connectivity index (χ1) is 8.56. The van der Waals surface area contributed by atoms with Crippen LogP contribution in [0.2, 0.25) is 0 Å². The molecule has 1 aromatic rings. The third-order valence-corrected chi connectivity index (χ3v) is 2.54. The van der Waals surface area contributed by atoms with Crippen LogP contribution < -0.4 is 9.46 Å². The van der Waals surface area contributed by atoms with Gasteiger partial charge in [-0.2, -0.15) is 0 Å². The fraction of sp³-hybridized carbons (Fsp3) is 0.364. The molecule has 1 unspecified atom stereocenters. The fourth-order valence-corrected chi connectivity index (χ4v) is 1.79. The summed E-state index contributed by atoms with van der Waals surface area (Å²) in [5.74, 6) is 0.154. The Labute approximate surface area is 108 Å². The van der Waals surface area contributed by atoms with E-state index in [0.717, 1.165) is 0 Å². The molecule has 0 aliphatic heterocycles. The number of methoxy groups -OCH3 is 1. The predicted octanol–water partition coefficient (Wildman–Crippen LogP) is 1.35. The third-order valence-electron chi connectivity index (χ3n) is 2.15. The van der Waals surface area contributed by atoms with Crippen molar-refractivity contribution in [2.24, 2.45) is 0 Å². The van der Waals surface area contributed by atoms with Gasteiger partial charge in [0.1, 0.15) is 5.75 Å². The van der Waals surface area contributed by atoms with Gasteiger partial charge in [0.05, 0.1) is 25.8 Å². The summed E-state index contributed by atoms with van der Waals surface area (Å²) in [6.45, 7) is 2.00. The van der Waals surface area contributed by atoms with Crippen molar-refractivity contribution >= 4 is 22.9 Å². The lowest BCUT2D eigenvalue weighted by molar-refractivity contribution is -0.142. The zero-order chi connectivity index (χ0) is 13.5. The number of esters is 1. The molecule has 0 saturated heterocycles. The van der Waals surface area contributed by atoms with E-state index in [1.54, 1.807) is 25.1 Å². The summed E-state index contributed by atoms with van der Waals surface area (Å²) in [6.07, 6.45) is 0.00454. The van der Waals surface area contributed by atoms with Gasteiger partial charge < -0.3 is 9.47 Å². The number of hydrogen-bond donors (Lipinski definition) is 2. The summed E-state index contributed by atoms with van der Waals surface area (Å²) < 4.78 is 31.8. The SMILES string of the molecule is CCOC(=O)Cc1cc(OC)ccc1NS(=O)O. The van der Waals surface area contributed by atoms with Gasteiger partial charge in [0.15, 0.2) is 0 Å². The van der Waals surface area contributed by atoms with Crippen molar-refractivity contribution in [2.45, 2.75) is 13.3 Å². The first kappa shape index (κ1) is 14.5. The van der Waals surface area contributed by atoms with E-state index < -0.39 is 17.2 Å². The van der Waals surface area contributed by atoms with E-state index in [1.807, 2.05) is 0 Å². The van der Waals surface area contributed by atoms with E-state index in [-0.39, 0.29) is 13.0 Å². The third kappa shape index (κ3) is 4.34. The largest absolute Gasteiger partial charge is 0.497 e. The quantitative estimate of drug-likeness (QED) is 0.603. The van der Waals surface area contributed by atoms with Crippen LogP contribution in [-0.4, -0.2) is 28.4 Å². The van der Waals surface area contributed by atoms with Gasteiger partial charge in [0, 0.05) is 0 Å². The van der Waals surface area contributed by atoms with Crippen molar-refractivity contribution < 1.29 is 23.0 Å². The molecule has 6 nitrogen and oxygen atoms in total. The zero-order valence-electron chi connectivity index (χ0n) is 10.1. The molecule has 0 radical (unpaired) electrons. The lowest BCUT2D eigenvalue weighted by atomic mass is 10.1. The Bertz CT molecular complexity index is 449. The van der Waals surface area contributed by atoms with E-state index in [4.69, 9.17) is 14.0 Å². The standard InChI is InChI=1S/C11H15NO5S/c1-3-17-11(13)7-8-6-9(16-2)4-5-10(8)12-18(14)15/h4-6,12H,3,7H2,1-2H3,(H,14,15). The maximum Gasteiger partial charge on any atom is 0.310 e. The Kier molecular flexibility index (Phi) is 5.60. The minimum atomic E-state index is -2.20. The minimum absolute atomic E-state index is 0.00454. The van der Waals surface area contributed by atoms with Crippen molar-refractivity contribution in [3.05, 3.63) is 23.8 Å². The molecule has 0 fully saturated rings. The maximum atomic E-state index is 11.4. The average Bonchev–Trinajstić information content (AvgIpc) is 2.31. The van der Waals surface area contributed by atoms with Crippen LogP contribution in [0.15, 0.2) is 18.2 Å². The van der Waals surface area contributed by atoms with E-state index >= 15 is 0 Å². The topological polar surface area (TPSA) is 84.9 Å². The van der Waals surface area contributed by atoms with Gasteiger partial charge in [-0.15, -0.1) is 0 Å². The summed E-state index contributed by atoms with van der Waals surface area (Å²) in [5.41, 5.74) is 0.930. The highest BCUT2D eigenvalue weighted by molar-refractivity contribution is 7.80. The number of anilines is 1. The monoisotopic (exact) mass is 273 g/mol. The van der Waals surface area contributed by atoms with Crippen LogP contribution >= 0.6 is 0 Å². The summed E-state index contributed by atoms with van der Waals surface area (Å²) in [5, 5.41) is 0. The Morgan fingerprint density at radius 3 is 2.78 bits per heavy atom. The van der Waals surface area contributed by atoms with Crippen LogP contribution in [0.25, 0.3) is 0 Å². The number of ether oxygens (including phenoxy) is 2. The molecule has 1 atom stereocenters. The van der Waals surface area contributed by atoms with Gasteiger partial charge >= 0.3 is 5.97 Å². The number of carbonyl (C=O) groups is 1. The molecule has 100 valence electrons. The second-order valence-electron chi connectivity index (χ2n) is 3.36. The van der Waals surface area contributed by atoms with Crippen LogP contribution in [-0.2, 0) is 27.2 Å². The Morgan fingerprint density at radius 2 is 2.22 bits per heavy atom. The molecule has 0 amide bonds. The van der Waals surface area contributed by atoms with Gasteiger partial charge in [-0.3, -0.25) is 14.1 Å². The summed E-state index contributed by atoms with van der Waals surface area (Å²) in [7, 11) is 1.50. The minimum Gasteiger partial charge on any atom is -0.497 e. The molecule has 0 aliphatic rings. The van der Waals surface area contributed by atoms with Gasteiger partial charge in [0.2, 0.25) is 0 Å². The van der Waals surface area contributed by atoms with E-state index in [2.05, 4.69) is 4.72 Å². The molecule has 0 heterocycles. The molecule has 1 aromatic carbocycles. The second kappa shape index (κ2) is 6.97. The molecule has 18 heavy (non-hydrogen) atoms. The van der Waals surface area contributed by atoms with Gasteiger partial charge in [-0.25, -0.2) is 4.21 Å². The first-order valence-corrected chi connectivity index (χ1v) is 6.37. The maximum absolute atomic E-state index is 11.4. The number of nitrogens with one attached hydrogen (secondary N) is 1. The second-order valence-corrected chi connectivity index (χ2v) is 4.06. The molecular formula is C11H15NO5S. The van der Waals surface area contributed by atoms with E-state index in [9.17, 15) is 9.00 Å². The van der Waals surface area contributed by atoms with E-state index in [1.165, 1.54) is 7.11 Å². The van der Waals surface area contributed by atoms with Crippen molar-refractivity contribution in [3.8, 4) is 5.75 Å². The Morgan fingerprint density at radius 1 is 1.50 bits per heavy atom. The summed E-state index contributed by atoms with van der Waals surface area (Å²) in [6, 6.07) is 4.82. The molecular weight excluding hydrogens is 258 g/mol. The summed E-state index contributed by atoms with van der Waals surface area (Å²) >= 11 is -2.20. The molecule has 7 heteroatoms. The molecule has 0 aliphatic carbocycles. The highest BCUT2D eigenvalue weighted by Gasteiger charge is 2.11. The molecule has 0 spiro atoms. The number of hydrogen-bond acceptors (Lipinski definition) is 4. The van der Waals surface area contributed by atoms with Crippen LogP contribution in [0.4, 0.5) is 5.69 Å². The average molecular weight is 273 g/mol. The fourth-order valence-electron chi connectivity index (χ4n) is 1.40. The number of carbonyl (C=O) groups excluding carboxylic acids is 1. The zero-order valence-corrected chi connectivity index (χ0v) is 11.0. The lowest BCUT2D eigenvalue weighted by Crippen LogP contribution is -2.11. The predicted molar refractivity (Wildman–Crippen MR) is 67.7 cm³/mol.